The first kappa shape index (κ1) is 26.7. The van der Waals surface area contributed by atoms with E-state index >= 15 is 0 Å². The van der Waals surface area contributed by atoms with Crippen molar-refractivity contribution in [3.8, 4) is 6.07 Å². The fraction of sp³-hybridized carbons (Fsp3) is 0.370. The van der Waals surface area contributed by atoms with Crippen LogP contribution in [0, 0.1) is 11.3 Å². The Kier molecular flexibility index (Phi) is 9.45. The second-order valence-electron chi connectivity index (χ2n) is 8.89. The zero-order valence-corrected chi connectivity index (χ0v) is 21.0. The molecule has 0 aliphatic carbocycles. The van der Waals surface area contributed by atoms with E-state index in [-0.39, 0.29) is 24.4 Å². The number of rotatable bonds is 9. The summed E-state index contributed by atoms with van der Waals surface area (Å²) in [7, 11) is 0. The minimum atomic E-state index is -0.401. The summed E-state index contributed by atoms with van der Waals surface area (Å²) >= 11 is 0. The number of piperazine rings is 1. The zero-order chi connectivity index (χ0) is 26.1. The molecule has 1 heterocycles. The van der Waals surface area contributed by atoms with Gasteiger partial charge in [-0.25, -0.2) is 10.6 Å². The highest BCUT2D eigenvalue weighted by molar-refractivity contribution is 5.93. The van der Waals surface area contributed by atoms with Crippen molar-refractivity contribution >= 4 is 23.3 Å². The van der Waals surface area contributed by atoms with Gasteiger partial charge in [-0.05, 0) is 43.7 Å². The Morgan fingerprint density at radius 3 is 2.31 bits per heavy atom. The summed E-state index contributed by atoms with van der Waals surface area (Å²) < 4.78 is 0. The number of hydrazine groups is 1. The van der Waals surface area contributed by atoms with Gasteiger partial charge >= 0.3 is 6.03 Å². The van der Waals surface area contributed by atoms with Crippen LogP contribution in [0.2, 0.25) is 0 Å². The molecule has 190 valence electrons. The fourth-order valence-electron chi connectivity index (χ4n) is 4.20. The quantitative estimate of drug-likeness (QED) is 0.242. The van der Waals surface area contributed by atoms with Crippen molar-refractivity contribution < 1.29 is 9.59 Å². The van der Waals surface area contributed by atoms with Crippen LogP contribution < -0.4 is 21.0 Å². The normalized spacial score (nSPS) is 14.6. The summed E-state index contributed by atoms with van der Waals surface area (Å²) in [5, 5.41) is 12.9. The number of hydrogen-bond acceptors (Lipinski definition) is 6. The molecule has 0 radical (unpaired) electrons. The Hall–Kier alpha value is -3.87. The van der Waals surface area contributed by atoms with Crippen molar-refractivity contribution in [3.63, 3.8) is 0 Å². The first-order valence-corrected chi connectivity index (χ1v) is 12.2. The molecule has 1 atom stereocenters. The number of nitrogens with one attached hydrogen (secondary N) is 1. The Morgan fingerprint density at radius 2 is 1.75 bits per heavy atom. The minimum Gasteiger partial charge on any atom is -0.369 e. The molecule has 3 amide bonds. The molecule has 3 N–H and O–H groups in total. The molecule has 3 rings (SSSR count). The molecule has 1 aliphatic heterocycles. The highest BCUT2D eigenvalue weighted by atomic mass is 16.2. The van der Waals surface area contributed by atoms with Gasteiger partial charge in [0.05, 0.1) is 18.2 Å². The van der Waals surface area contributed by atoms with Crippen LogP contribution in [-0.2, 0) is 4.79 Å². The van der Waals surface area contributed by atoms with E-state index in [2.05, 4.69) is 27.8 Å². The Balaban J connectivity index is 1.67. The SMILES string of the molecule is C=CN(C(=O)N(N)C(C)C)c1ccc(N2CCN(C(C(=O)NCCC#N)c3ccccc3)CC2)cc1. The van der Waals surface area contributed by atoms with Gasteiger partial charge in [0.2, 0.25) is 5.91 Å². The number of carbonyl (C=O) groups excluding carboxylic acids is 2. The summed E-state index contributed by atoms with van der Waals surface area (Å²) in [4.78, 5) is 31.5. The van der Waals surface area contributed by atoms with Gasteiger partial charge in [0.1, 0.15) is 6.04 Å². The maximum atomic E-state index is 13.0. The number of carbonyl (C=O) groups is 2. The molecule has 2 aromatic rings. The van der Waals surface area contributed by atoms with Gasteiger partial charge in [-0.15, -0.1) is 0 Å². The zero-order valence-electron chi connectivity index (χ0n) is 21.0. The minimum absolute atomic E-state index is 0.0845. The smallest absolute Gasteiger partial charge is 0.342 e. The monoisotopic (exact) mass is 489 g/mol. The van der Waals surface area contributed by atoms with Crippen LogP contribution in [-0.4, -0.2) is 60.6 Å². The topological polar surface area (TPSA) is 109 Å². The van der Waals surface area contributed by atoms with Crippen LogP contribution in [0.5, 0.6) is 0 Å². The average Bonchev–Trinajstić information content (AvgIpc) is 2.90. The van der Waals surface area contributed by atoms with E-state index in [1.54, 1.807) is 0 Å². The lowest BCUT2D eigenvalue weighted by atomic mass is 10.0. The van der Waals surface area contributed by atoms with E-state index in [9.17, 15) is 9.59 Å². The molecule has 0 spiro atoms. The molecular formula is C27H35N7O2. The largest absolute Gasteiger partial charge is 0.369 e. The van der Waals surface area contributed by atoms with Gasteiger partial charge in [-0.2, -0.15) is 5.26 Å². The van der Waals surface area contributed by atoms with Crippen molar-refractivity contribution in [3.05, 3.63) is 72.9 Å². The molecule has 1 unspecified atom stereocenters. The first-order valence-electron chi connectivity index (χ1n) is 12.2. The molecule has 1 saturated heterocycles. The highest BCUT2D eigenvalue weighted by Gasteiger charge is 2.30. The lowest BCUT2D eigenvalue weighted by Gasteiger charge is -2.40. The predicted octanol–water partition coefficient (Wildman–Crippen LogP) is 3.23. The molecule has 2 aromatic carbocycles. The Labute approximate surface area is 213 Å². The summed E-state index contributed by atoms with van der Waals surface area (Å²) in [5.41, 5.74) is 2.67. The van der Waals surface area contributed by atoms with Crippen LogP contribution in [0.3, 0.4) is 0 Å². The van der Waals surface area contributed by atoms with Gasteiger partial charge in [-0.3, -0.25) is 19.6 Å². The van der Waals surface area contributed by atoms with Gasteiger partial charge in [0.15, 0.2) is 0 Å². The number of benzene rings is 2. The van der Waals surface area contributed by atoms with E-state index in [1.807, 2.05) is 68.4 Å². The molecule has 1 aliphatic rings. The van der Waals surface area contributed by atoms with E-state index in [0.29, 0.717) is 25.3 Å². The molecule has 9 nitrogen and oxygen atoms in total. The van der Waals surface area contributed by atoms with Crippen molar-refractivity contribution in [1.29, 1.82) is 5.26 Å². The molecule has 0 bridgehead atoms. The lowest BCUT2D eigenvalue weighted by Crippen LogP contribution is -2.51. The third-order valence-electron chi connectivity index (χ3n) is 6.24. The van der Waals surface area contributed by atoms with Crippen molar-refractivity contribution in [2.24, 2.45) is 5.84 Å². The van der Waals surface area contributed by atoms with E-state index in [0.717, 1.165) is 24.3 Å². The third kappa shape index (κ3) is 6.42. The highest BCUT2D eigenvalue weighted by Crippen LogP contribution is 2.26. The number of anilines is 2. The second-order valence-corrected chi connectivity index (χ2v) is 8.89. The number of nitrogens with two attached hydrogens (primary N) is 1. The molecule has 9 heteroatoms. The van der Waals surface area contributed by atoms with Crippen LogP contribution >= 0.6 is 0 Å². The summed E-state index contributed by atoms with van der Waals surface area (Å²) in [5.74, 6) is 5.81. The standard InChI is InChI=1S/C27H35N7O2/c1-4-33(27(36)34(29)21(2)3)24-13-11-23(12-14-24)31-17-19-32(20-18-31)25(22-9-6-5-7-10-22)26(35)30-16-8-15-28/h4-7,9-14,21,25H,1,8,16-20,29H2,2-3H3,(H,30,35). The first-order chi connectivity index (χ1) is 17.4. The van der Waals surface area contributed by atoms with Gasteiger partial charge in [0, 0.05) is 50.7 Å². The third-order valence-corrected chi connectivity index (χ3v) is 6.24. The summed E-state index contributed by atoms with van der Waals surface area (Å²) in [6.07, 6.45) is 1.75. The van der Waals surface area contributed by atoms with Gasteiger partial charge in [0.25, 0.3) is 0 Å². The number of nitrogens with zero attached hydrogens (tertiary/aromatic N) is 5. The van der Waals surface area contributed by atoms with Gasteiger partial charge in [-0.1, -0.05) is 36.9 Å². The Bertz CT molecular complexity index is 1060. The molecular weight excluding hydrogens is 454 g/mol. The fourth-order valence-corrected chi connectivity index (χ4v) is 4.20. The van der Waals surface area contributed by atoms with E-state index in [4.69, 9.17) is 11.1 Å². The average molecular weight is 490 g/mol. The van der Waals surface area contributed by atoms with Crippen molar-refractivity contribution in [2.75, 3.05) is 42.5 Å². The molecule has 1 fully saturated rings. The number of urea groups is 1. The van der Waals surface area contributed by atoms with Crippen LogP contribution in [0.4, 0.5) is 16.2 Å². The summed E-state index contributed by atoms with van der Waals surface area (Å²) in [6.45, 7) is 10.7. The molecule has 0 aromatic heterocycles. The number of amides is 3. The predicted molar refractivity (Wildman–Crippen MR) is 142 cm³/mol. The van der Waals surface area contributed by atoms with Crippen LogP contribution in [0.25, 0.3) is 0 Å². The second kappa shape index (κ2) is 12.7. The Morgan fingerprint density at radius 1 is 1.11 bits per heavy atom. The summed E-state index contributed by atoms with van der Waals surface area (Å²) in [6, 6.07) is 18.6. The van der Waals surface area contributed by atoms with E-state index in [1.165, 1.54) is 16.1 Å². The maximum absolute atomic E-state index is 13.0. The maximum Gasteiger partial charge on any atom is 0.342 e. The van der Waals surface area contributed by atoms with Crippen LogP contribution in [0.15, 0.2) is 67.4 Å². The molecule has 36 heavy (non-hydrogen) atoms. The van der Waals surface area contributed by atoms with Crippen LogP contribution in [0.1, 0.15) is 31.9 Å². The molecule has 0 saturated carbocycles. The lowest BCUT2D eigenvalue weighted by molar-refractivity contribution is -0.126. The van der Waals surface area contributed by atoms with Gasteiger partial charge < -0.3 is 10.2 Å². The number of hydrogen-bond donors (Lipinski definition) is 2. The number of nitriles is 1. The van der Waals surface area contributed by atoms with E-state index < -0.39 is 6.04 Å². The van der Waals surface area contributed by atoms with Crippen molar-refractivity contribution in [2.45, 2.75) is 32.4 Å². The van der Waals surface area contributed by atoms with Crippen molar-refractivity contribution in [1.82, 2.24) is 15.2 Å².